The summed E-state index contributed by atoms with van der Waals surface area (Å²) in [6.07, 6.45) is 0.652. The summed E-state index contributed by atoms with van der Waals surface area (Å²) in [7, 11) is 1.50. The highest BCUT2D eigenvalue weighted by atomic mass is 35.5. The van der Waals surface area contributed by atoms with Crippen molar-refractivity contribution in [2.45, 2.75) is 12.5 Å². The normalized spacial score (nSPS) is 11.5. The maximum Gasteiger partial charge on any atom is 0.247 e. The van der Waals surface area contributed by atoms with Crippen LogP contribution in [0.3, 0.4) is 0 Å². The highest BCUT2D eigenvalue weighted by Gasteiger charge is 2.32. The van der Waals surface area contributed by atoms with E-state index >= 15 is 0 Å². The van der Waals surface area contributed by atoms with Crippen LogP contribution in [0.2, 0.25) is 5.02 Å². The number of hydrogen-bond donors (Lipinski definition) is 2. The largest absolute Gasteiger partial charge is 0.495 e. The van der Waals surface area contributed by atoms with Crippen LogP contribution in [-0.4, -0.2) is 31.3 Å². The first-order valence-corrected chi connectivity index (χ1v) is 11.2. The molecule has 1 atom stereocenters. The Balaban J connectivity index is 1.95. The van der Waals surface area contributed by atoms with Crippen LogP contribution in [0.4, 0.5) is 11.4 Å². The summed E-state index contributed by atoms with van der Waals surface area (Å²) in [5, 5.41) is 3.25. The number of nitrogens with two attached hydrogens (primary N) is 1. The highest BCUT2D eigenvalue weighted by molar-refractivity contribution is 6.33. The van der Waals surface area contributed by atoms with Gasteiger partial charge in [-0.15, -0.1) is 11.6 Å². The van der Waals surface area contributed by atoms with E-state index < -0.39 is 11.9 Å². The topological polar surface area (TPSA) is 84.7 Å². The molecule has 0 aromatic heterocycles. The van der Waals surface area contributed by atoms with Gasteiger partial charge in [-0.2, -0.15) is 0 Å². The summed E-state index contributed by atoms with van der Waals surface area (Å²) >= 11 is 12.3. The lowest BCUT2D eigenvalue weighted by Crippen LogP contribution is -2.45. The Morgan fingerprint density at radius 2 is 1.76 bits per heavy atom. The zero-order chi connectivity index (χ0) is 23.8. The number of halogens is 2. The van der Waals surface area contributed by atoms with Gasteiger partial charge in [0, 0.05) is 17.9 Å². The van der Waals surface area contributed by atoms with Crippen molar-refractivity contribution >= 4 is 46.4 Å². The Kier molecular flexibility index (Phi) is 8.58. The standard InChI is InChI=1S/C25H25Cl2N3O3/c1-33-22-12-11-20(15-21(22)27)30(23(31)16-26)24(18-7-9-19(28)10-8-18)25(32)29-14-13-17-5-3-2-4-6-17/h2-12,15,24H,13-14,16,28H2,1H3,(H,29,32). The summed E-state index contributed by atoms with van der Waals surface area (Å²) in [6.45, 7) is 0.403. The summed E-state index contributed by atoms with van der Waals surface area (Å²) in [4.78, 5) is 27.7. The van der Waals surface area contributed by atoms with Gasteiger partial charge in [-0.05, 0) is 47.9 Å². The predicted octanol–water partition coefficient (Wildman–Crippen LogP) is 4.60. The molecule has 0 bridgehead atoms. The summed E-state index contributed by atoms with van der Waals surface area (Å²) in [6, 6.07) is 20.5. The Morgan fingerprint density at radius 3 is 2.36 bits per heavy atom. The molecule has 0 radical (unpaired) electrons. The molecule has 0 saturated carbocycles. The van der Waals surface area contributed by atoms with E-state index in [1.807, 2.05) is 30.3 Å². The first kappa shape index (κ1) is 24.4. The molecule has 0 aliphatic carbocycles. The first-order chi connectivity index (χ1) is 15.9. The minimum atomic E-state index is -0.975. The van der Waals surface area contributed by atoms with E-state index in [2.05, 4.69) is 5.32 Å². The van der Waals surface area contributed by atoms with Crippen molar-refractivity contribution in [3.63, 3.8) is 0 Å². The van der Waals surface area contributed by atoms with Crippen LogP contribution >= 0.6 is 23.2 Å². The monoisotopic (exact) mass is 485 g/mol. The number of nitrogens with one attached hydrogen (secondary N) is 1. The van der Waals surface area contributed by atoms with Gasteiger partial charge >= 0.3 is 0 Å². The van der Waals surface area contributed by atoms with Crippen LogP contribution in [-0.2, 0) is 16.0 Å². The summed E-state index contributed by atoms with van der Waals surface area (Å²) in [5.74, 6) is -0.652. The van der Waals surface area contributed by atoms with Crippen molar-refractivity contribution in [3.8, 4) is 5.75 Å². The SMILES string of the molecule is COc1ccc(N(C(=O)CCl)C(C(=O)NCCc2ccccc2)c2ccc(N)cc2)cc1Cl. The fourth-order valence-electron chi connectivity index (χ4n) is 3.47. The minimum Gasteiger partial charge on any atom is -0.495 e. The van der Waals surface area contributed by atoms with Crippen LogP contribution < -0.4 is 20.7 Å². The third kappa shape index (κ3) is 6.18. The molecule has 3 N–H and O–H groups in total. The fraction of sp³-hybridized carbons (Fsp3) is 0.200. The van der Waals surface area contributed by atoms with E-state index in [4.69, 9.17) is 33.7 Å². The molecule has 0 spiro atoms. The lowest BCUT2D eigenvalue weighted by molar-refractivity contribution is -0.125. The minimum absolute atomic E-state index is 0.308. The van der Waals surface area contributed by atoms with Gasteiger partial charge in [-0.1, -0.05) is 54.1 Å². The molecule has 3 aromatic rings. The number of benzene rings is 3. The van der Waals surface area contributed by atoms with E-state index in [0.717, 1.165) is 5.56 Å². The molecule has 0 fully saturated rings. The van der Waals surface area contributed by atoms with Gasteiger partial charge in [-0.25, -0.2) is 0 Å². The number of nitrogens with zero attached hydrogens (tertiary/aromatic N) is 1. The van der Waals surface area contributed by atoms with Crippen molar-refractivity contribution in [1.82, 2.24) is 5.32 Å². The maximum absolute atomic E-state index is 13.4. The molecule has 172 valence electrons. The number of alkyl halides is 1. The Labute approximate surface area is 203 Å². The molecule has 6 nitrogen and oxygen atoms in total. The number of carbonyl (C=O) groups excluding carboxylic acids is 2. The van der Waals surface area contributed by atoms with Crippen LogP contribution in [0.1, 0.15) is 17.2 Å². The maximum atomic E-state index is 13.4. The molecule has 1 unspecified atom stereocenters. The van der Waals surface area contributed by atoms with E-state index in [1.165, 1.54) is 12.0 Å². The molecule has 3 rings (SSSR count). The quantitative estimate of drug-likeness (QED) is 0.342. The Morgan fingerprint density at radius 1 is 1.06 bits per heavy atom. The zero-order valence-corrected chi connectivity index (χ0v) is 19.6. The zero-order valence-electron chi connectivity index (χ0n) is 18.1. The lowest BCUT2D eigenvalue weighted by atomic mass is 10.0. The molecule has 0 aliphatic rings. The number of rotatable bonds is 9. The van der Waals surface area contributed by atoms with E-state index in [-0.39, 0.29) is 11.8 Å². The Bertz CT molecular complexity index is 1090. The number of hydrogen-bond acceptors (Lipinski definition) is 4. The number of anilines is 2. The van der Waals surface area contributed by atoms with Gasteiger partial charge in [0.15, 0.2) is 0 Å². The van der Waals surface area contributed by atoms with Gasteiger partial charge in [-0.3, -0.25) is 14.5 Å². The molecule has 8 heteroatoms. The van der Waals surface area contributed by atoms with Crippen molar-refractivity contribution in [3.05, 3.63) is 88.9 Å². The second-order valence-corrected chi connectivity index (χ2v) is 7.99. The van der Waals surface area contributed by atoms with Crippen LogP contribution in [0.25, 0.3) is 0 Å². The van der Waals surface area contributed by atoms with Gasteiger partial charge in [0.05, 0.1) is 12.1 Å². The van der Waals surface area contributed by atoms with E-state index in [9.17, 15) is 9.59 Å². The second kappa shape index (κ2) is 11.6. The van der Waals surface area contributed by atoms with Crippen LogP contribution in [0.5, 0.6) is 5.75 Å². The highest BCUT2D eigenvalue weighted by Crippen LogP contribution is 2.34. The third-order valence-corrected chi connectivity index (χ3v) is 5.64. The smallest absolute Gasteiger partial charge is 0.247 e. The molecule has 0 heterocycles. The number of methoxy groups -OCH3 is 1. The third-order valence-electron chi connectivity index (χ3n) is 5.11. The Hall–Kier alpha value is -3.22. The van der Waals surface area contributed by atoms with Crippen molar-refractivity contribution in [1.29, 1.82) is 0 Å². The molecular formula is C25H25Cl2N3O3. The molecular weight excluding hydrogens is 461 g/mol. The van der Waals surface area contributed by atoms with Gasteiger partial charge in [0.25, 0.3) is 0 Å². The molecule has 33 heavy (non-hydrogen) atoms. The number of ether oxygens (including phenoxy) is 1. The number of nitrogen functional groups attached to an aromatic ring is 1. The van der Waals surface area contributed by atoms with Gasteiger partial charge in [0.1, 0.15) is 17.7 Å². The van der Waals surface area contributed by atoms with Gasteiger partial charge < -0.3 is 15.8 Å². The molecule has 2 amide bonds. The van der Waals surface area contributed by atoms with Gasteiger partial charge in [0.2, 0.25) is 11.8 Å². The van der Waals surface area contributed by atoms with E-state index in [1.54, 1.807) is 42.5 Å². The second-order valence-electron chi connectivity index (χ2n) is 7.31. The number of amides is 2. The average Bonchev–Trinajstić information content (AvgIpc) is 2.83. The summed E-state index contributed by atoms with van der Waals surface area (Å²) in [5.41, 5.74) is 8.49. The molecule has 0 aliphatic heterocycles. The van der Waals surface area contributed by atoms with Crippen LogP contribution in [0.15, 0.2) is 72.8 Å². The molecule has 0 saturated heterocycles. The van der Waals surface area contributed by atoms with Crippen molar-refractivity contribution < 1.29 is 14.3 Å². The predicted molar refractivity (Wildman–Crippen MR) is 133 cm³/mol. The summed E-state index contributed by atoms with van der Waals surface area (Å²) < 4.78 is 5.21. The average molecular weight is 486 g/mol. The molecule has 3 aromatic carbocycles. The van der Waals surface area contributed by atoms with Crippen molar-refractivity contribution in [2.24, 2.45) is 0 Å². The fourth-order valence-corrected chi connectivity index (χ4v) is 3.85. The van der Waals surface area contributed by atoms with Crippen molar-refractivity contribution in [2.75, 3.05) is 30.2 Å². The lowest BCUT2D eigenvalue weighted by Gasteiger charge is -2.31. The number of carbonyl (C=O) groups is 2. The van der Waals surface area contributed by atoms with Crippen LogP contribution in [0, 0.1) is 0 Å². The first-order valence-electron chi connectivity index (χ1n) is 10.3. The van der Waals surface area contributed by atoms with E-state index in [0.29, 0.717) is 40.7 Å².